The molecule has 7 heteroatoms. The van der Waals surface area contributed by atoms with Gasteiger partial charge in [-0.25, -0.2) is 10.4 Å². The van der Waals surface area contributed by atoms with Crippen LogP contribution in [0.25, 0.3) is 21.5 Å². The number of pyridine rings is 1. The van der Waals surface area contributed by atoms with Crippen molar-refractivity contribution in [1.29, 1.82) is 0 Å². The predicted octanol–water partition coefficient (Wildman–Crippen LogP) is 4.06. The van der Waals surface area contributed by atoms with Gasteiger partial charge in [-0.05, 0) is 33.7 Å². The minimum atomic E-state index is -0.571. The van der Waals surface area contributed by atoms with Crippen LogP contribution >= 0.6 is 0 Å². The molecule has 0 unspecified atom stereocenters. The predicted molar refractivity (Wildman–Crippen MR) is 107 cm³/mol. The first-order chi connectivity index (χ1) is 13.6. The number of aromatic nitrogens is 1. The zero-order valence-electron chi connectivity index (χ0n) is 14.6. The SMILES string of the molecule is O=C(NN=Cc1c2ccccc2cc2ccccc12)c1ccc([N+](=O)[O-])cn1. The van der Waals surface area contributed by atoms with E-state index in [1.165, 1.54) is 12.1 Å². The summed E-state index contributed by atoms with van der Waals surface area (Å²) in [5.74, 6) is -0.546. The van der Waals surface area contributed by atoms with Crippen molar-refractivity contribution in [1.82, 2.24) is 10.4 Å². The van der Waals surface area contributed by atoms with E-state index in [0.717, 1.165) is 33.3 Å². The highest BCUT2D eigenvalue weighted by atomic mass is 16.6. The highest BCUT2D eigenvalue weighted by Crippen LogP contribution is 2.27. The summed E-state index contributed by atoms with van der Waals surface area (Å²) in [4.78, 5) is 26.1. The molecule has 0 aliphatic carbocycles. The van der Waals surface area contributed by atoms with Gasteiger partial charge < -0.3 is 0 Å². The Hall–Kier alpha value is -4.13. The van der Waals surface area contributed by atoms with E-state index in [-0.39, 0.29) is 11.4 Å². The van der Waals surface area contributed by atoms with Crippen LogP contribution in [0.2, 0.25) is 0 Å². The Balaban J connectivity index is 1.64. The molecule has 0 atom stereocenters. The number of carbonyl (C=O) groups is 1. The van der Waals surface area contributed by atoms with Gasteiger partial charge >= 0.3 is 0 Å². The molecule has 1 aromatic heterocycles. The molecular weight excluding hydrogens is 356 g/mol. The largest absolute Gasteiger partial charge is 0.289 e. The lowest BCUT2D eigenvalue weighted by atomic mass is 9.97. The monoisotopic (exact) mass is 370 g/mol. The topological polar surface area (TPSA) is 97.5 Å². The van der Waals surface area contributed by atoms with Crippen LogP contribution < -0.4 is 5.43 Å². The molecule has 0 fully saturated rings. The van der Waals surface area contributed by atoms with E-state index in [1.54, 1.807) is 6.21 Å². The molecule has 0 bridgehead atoms. The molecule has 1 amide bonds. The summed E-state index contributed by atoms with van der Waals surface area (Å²) >= 11 is 0. The van der Waals surface area contributed by atoms with E-state index in [1.807, 2.05) is 48.5 Å². The maximum absolute atomic E-state index is 12.2. The number of hydrogen-bond donors (Lipinski definition) is 1. The molecule has 28 heavy (non-hydrogen) atoms. The minimum Gasteiger partial charge on any atom is -0.266 e. The van der Waals surface area contributed by atoms with Gasteiger partial charge in [0.25, 0.3) is 11.6 Å². The van der Waals surface area contributed by atoms with Gasteiger partial charge in [-0.2, -0.15) is 5.10 Å². The summed E-state index contributed by atoms with van der Waals surface area (Å²) in [7, 11) is 0. The lowest BCUT2D eigenvalue weighted by molar-refractivity contribution is -0.385. The van der Waals surface area contributed by atoms with Gasteiger partial charge in [-0.1, -0.05) is 48.5 Å². The number of benzene rings is 3. The maximum atomic E-state index is 12.2. The number of rotatable bonds is 4. The molecule has 0 saturated heterocycles. The van der Waals surface area contributed by atoms with Gasteiger partial charge in [0.1, 0.15) is 11.9 Å². The molecule has 136 valence electrons. The fourth-order valence-corrected chi connectivity index (χ4v) is 3.03. The second kappa shape index (κ2) is 7.24. The molecule has 1 heterocycles. The molecule has 3 aromatic carbocycles. The van der Waals surface area contributed by atoms with Crippen LogP contribution in [0.15, 0.2) is 78.0 Å². The summed E-state index contributed by atoms with van der Waals surface area (Å²) in [6.45, 7) is 0. The quantitative estimate of drug-likeness (QED) is 0.253. The third-order valence-corrected chi connectivity index (χ3v) is 4.36. The summed E-state index contributed by atoms with van der Waals surface area (Å²) in [6, 6.07) is 20.5. The summed E-state index contributed by atoms with van der Waals surface area (Å²) in [5, 5.41) is 18.9. The second-order valence-electron chi connectivity index (χ2n) is 6.09. The Morgan fingerprint density at radius 1 is 1.00 bits per heavy atom. The zero-order chi connectivity index (χ0) is 19.5. The Morgan fingerprint density at radius 3 is 2.21 bits per heavy atom. The first-order valence-corrected chi connectivity index (χ1v) is 8.48. The lowest BCUT2D eigenvalue weighted by Gasteiger charge is -2.07. The van der Waals surface area contributed by atoms with Crippen molar-refractivity contribution in [3.63, 3.8) is 0 Å². The van der Waals surface area contributed by atoms with E-state index in [2.05, 4.69) is 21.6 Å². The van der Waals surface area contributed by atoms with Crippen LogP contribution in [0.4, 0.5) is 5.69 Å². The molecule has 4 rings (SSSR count). The fourth-order valence-electron chi connectivity index (χ4n) is 3.03. The first-order valence-electron chi connectivity index (χ1n) is 8.48. The number of hydrogen-bond acceptors (Lipinski definition) is 5. The van der Waals surface area contributed by atoms with Crippen molar-refractivity contribution in [2.45, 2.75) is 0 Å². The standard InChI is InChI=1S/C21H14N4O3/c26-21(20-10-9-16(12-22-20)25(27)28)24-23-13-19-17-7-3-1-5-14(17)11-15-6-2-4-8-18(15)19/h1-13H,(H,24,26). The average molecular weight is 370 g/mol. The molecule has 4 aromatic rings. The van der Waals surface area contributed by atoms with Gasteiger partial charge in [-0.15, -0.1) is 0 Å². The van der Waals surface area contributed by atoms with Crippen molar-refractivity contribution in [3.05, 3.63) is 94.3 Å². The van der Waals surface area contributed by atoms with Crippen molar-refractivity contribution >= 4 is 39.4 Å². The number of carbonyl (C=O) groups excluding carboxylic acids is 1. The molecule has 0 spiro atoms. The molecule has 0 radical (unpaired) electrons. The molecule has 0 aliphatic rings. The van der Waals surface area contributed by atoms with E-state index in [4.69, 9.17) is 0 Å². The first kappa shape index (κ1) is 17.3. The molecule has 0 saturated carbocycles. The van der Waals surface area contributed by atoms with E-state index in [0.29, 0.717) is 0 Å². The Labute approximate surface area is 159 Å². The highest BCUT2D eigenvalue weighted by Gasteiger charge is 2.10. The minimum absolute atomic E-state index is 0.0468. The molecule has 0 aliphatic heterocycles. The third-order valence-electron chi connectivity index (χ3n) is 4.36. The summed E-state index contributed by atoms with van der Waals surface area (Å²) in [5.41, 5.74) is 3.19. The van der Waals surface area contributed by atoms with Crippen LogP contribution in [-0.2, 0) is 0 Å². The van der Waals surface area contributed by atoms with Crippen molar-refractivity contribution < 1.29 is 9.72 Å². The van der Waals surface area contributed by atoms with Gasteiger partial charge in [0, 0.05) is 11.6 Å². The Morgan fingerprint density at radius 2 is 1.64 bits per heavy atom. The van der Waals surface area contributed by atoms with E-state index in [9.17, 15) is 14.9 Å². The number of nitrogens with one attached hydrogen (secondary N) is 1. The van der Waals surface area contributed by atoms with E-state index >= 15 is 0 Å². The lowest BCUT2D eigenvalue weighted by Crippen LogP contribution is -2.19. The normalized spacial score (nSPS) is 11.1. The molecule has 1 N–H and O–H groups in total. The smallest absolute Gasteiger partial charge is 0.266 e. The highest BCUT2D eigenvalue weighted by molar-refractivity contribution is 6.13. The number of nitrogens with zero attached hydrogens (tertiary/aromatic N) is 3. The van der Waals surface area contributed by atoms with Crippen LogP contribution in [0.3, 0.4) is 0 Å². The van der Waals surface area contributed by atoms with Crippen molar-refractivity contribution in [2.75, 3.05) is 0 Å². The van der Waals surface area contributed by atoms with Gasteiger partial charge in [-0.3, -0.25) is 14.9 Å². The third kappa shape index (κ3) is 3.28. The van der Waals surface area contributed by atoms with Crippen molar-refractivity contribution in [3.8, 4) is 0 Å². The average Bonchev–Trinajstić information content (AvgIpc) is 2.73. The van der Waals surface area contributed by atoms with Gasteiger partial charge in [0.2, 0.25) is 0 Å². The number of amides is 1. The molecule has 7 nitrogen and oxygen atoms in total. The van der Waals surface area contributed by atoms with Crippen LogP contribution in [0.1, 0.15) is 16.1 Å². The Kier molecular flexibility index (Phi) is 4.47. The van der Waals surface area contributed by atoms with Crippen LogP contribution in [-0.4, -0.2) is 22.0 Å². The summed E-state index contributed by atoms with van der Waals surface area (Å²) < 4.78 is 0. The van der Waals surface area contributed by atoms with Gasteiger partial charge in [0.05, 0.1) is 11.1 Å². The maximum Gasteiger partial charge on any atom is 0.289 e. The second-order valence-corrected chi connectivity index (χ2v) is 6.09. The fraction of sp³-hybridized carbons (Fsp3) is 0. The van der Waals surface area contributed by atoms with Gasteiger partial charge in [0.15, 0.2) is 0 Å². The van der Waals surface area contributed by atoms with Crippen LogP contribution in [0.5, 0.6) is 0 Å². The number of nitro groups is 1. The number of fused-ring (bicyclic) bond motifs is 2. The number of hydrazone groups is 1. The zero-order valence-corrected chi connectivity index (χ0v) is 14.6. The Bertz CT molecular complexity index is 1180. The summed E-state index contributed by atoms with van der Waals surface area (Å²) in [6.07, 6.45) is 2.64. The van der Waals surface area contributed by atoms with Crippen LogP contribution in [0, 0.1) is 10.1 Å². The van der Waals surface area contributed by atoms with E-state index < -0.39 is 10.8 Å². The van der Waals surface area contributed by atoms with Crippen molar-refractivity contribution in [2.24, 2.45) is 5.10 Å². The molecular formula is C21H14N4O3.